The van der Waals surface area contributed by atoms with Crippen molar-refractivity contribution >= 4 is 19.4 Å². The Hall–Kier alpha value is -0.220. The van der Waals surface area contributed by atoms with E-state index >= 15 is 0 Å². The first-order valence-corrected chi connectivity index (χ1v) is 6.50. The zero-order chi connectivity index (χ0) is 12.1. The molecule has 0 bridgehead atoms. The van der Waals surface area contributed by atoms with E-state index in [1.807, 2.05) is 0 Å². The molecule has 1 aliphatic heterocycles. The van der Waals surface area contributed by atoms with Crippen LogP contribution in [-0.2, 0) is 4.79 Å². The highest BCUT2D eigenvalue weighted by molar-refractivity contribution is 7.59. The SMILES string of the molecule is CC(C)CC1CNC(=O)[C@H](CC(C)C)NC1.S. The Bertz CT molecular complexity index is 231. The van der Waals surface area contributed by atoms with E-state index in [9.17, 15) is 4.79 Å². The summed E-state index contributed by atoms with van der Waals surface area (Å²) in [6.07, 6.45) is 2.11. The molecule has 0 spiro atoms. The van der Waals surface area contributed by atoms with Crippen molar-refractivity contribution in [2.45, 2.75) is 46.6 Å². The van der Waals surface area contributed by atoms with E-state index in [-0.39, 0.29) is 25.4 Å². The molecule has 102 valence electrons. The van der Waals surface area contributed by atoms with Crippen molar-refractivity contribution < 1.29 is 4.79 Å². The quantitative estimate of drug-likeness (QED) is 0.810. The number of amides is 1. The fourth-order valence-electron chi connectivity index (χ4n) is 2.34. The standard InChI is InChI=1S/C13H26N2O.H2S/c1-9(2)5-11-7-14-12(6-10(3)4)13(16)15-8-11;/h9-12,14H,5-8H2,1-4H3,(H,15,16);1H2/t11?,12-;/m0./s1. The van der Waals surface area contributed by atoms with Gasteiger partial charge in [-0.2, -0.15) is 13.5 Å². The zero-order valence-corrected chi connectivity index (χ0v) is 12.5. The van der Waals surface area contributed by atoms with Crippen molar-refractivity contribution in [3.05, 3.63) is 0 Å². The fraction of sp³-hybridized carbons (Fsp3) is 0.923. The smallest absolute Gasteiger partial charge is 0.237 e. The molecule has 0 aromatic rings. The summed E-state index contributed by atoms with van der Waals surface area (Å²) in [7, 11) is 0. The minimum Gasteiger partial charge on any atom is -0.354 e. The van der Waals surface area contributed by atoms with E-state index in [4.69, 9.17) is 0 Å². The molecule has 0 aliphatic carbocycles. The fourth-order valence-corrected chi connectivity index (χ4v) is 2.34. The third-order valence-corrected chi connectivity index (χ3v) is 3.05. The minimum absolute atomic E-state index is 0. The van der Waals surface area contributed by atoms with Crippen LogP contribution in [0.4, 0.5) is 0 Å². The molecule has 1 fully saturated rings. The Labute approximate surface area is 113 Å². The molecule has 1 aliphatic rings. The molecule has 17 heavy (non-hydrogen) atoms. The van der Waals surface area contributed by atoms with Crippen LogP contribution in [0.1, 0.15) is 40.5 Å². The third-order valence-electron chi connectivity index (χ3n) is 3.05. The Morgan fingerprint density at radius 3 is 2.24 bits per heavy atom. The average Bonchev–Trinajstić information content (AvgIpc) is 2.31. The van der Waals surface area contributed by atoms with Crippen LogP contribution in [0.2, 0.25) is 0 Å². The first-order chi connectivity index (χ1) is 7.49. The van der Waals surface area contributed by atoms with Gasteiger partial charge in [0.15, 0.2) is 0 Å². The molecule has 1 heterocycles. The molecule has 3 nitrogen and oxygen atoms in total. The van der Waals surface area contributed by atoms with E-state index in [1.54, 1.807) is 0 Å². The molecule has 0 radical (unpaired) electrons. The van der Waals surface area contributed by atoms with E-state index in [2.05, 4.69) is 38.3 Å². The molecule has 1 saturated heterocycles. The van der Waals surface area contributed by atoms with Gasteiger partial charge in [-0.3, -0.25) is 4.79 Å². The largest absolute Gasteiger partial charge is 0.354 e. The predicted molar refractivity (Wildman–Crippen MR) is 77.6 cm³/mol. The second kappa shape index (κ2) is 7.98. The van der Waals surface area contributed by atoms with Gasteiger partial charge in [-0.05, 0) is 30.6 Å². The number of rotatable bonds is 4. The molecular formula is C13H28N2OS. The van der Waals surface area contributed by atoms with Crippen LogP contribution in [0.15, 0.2) is 0 Å². The van der Waals surface area contributed by atoms with Gasteiger partial charge in [0.1, 0.15) is 0 Å². The molecule has 1 rings (SSSR count). The summed E-state index contributed by atoms with van der Waals surface area (Å²) in [6, 6.07) is 0.0113. The van der Waals surface area contributed by atoms with Crippen molar-refractivity contribution in [1.82, 2.24) is 10.6 Å². The molecule has 4 heteroatoms. The predicted octanol–water partition coefficient (Wildman–Crippen LogP) is 1.90. The summed E-state index contributed by atoms with van der Waals surface area (Å²) in [4.78, 5) is 11.8. The maximum Gasteiger partial charge on any atom is 0.237 e. The molecule has 1 unspecified atom stereocenters. The number of nitrogens with one attached hydrogen (secondary N) is 2. The van der Waals surface area contributed by atoms with Crippen LogP contribution >= 0.6 is 13.5 Å². The number of carbonyl (C=O) groups excluding carboxylic acids is 1. The highest BCUT2D eigenvalue weighted by Crippen LogP contribution is 2.14. The Morgan fingerprint density at radius 2 is 1.71 bits per heavy atom. The Morgan fingerprint density at radius 1 is 1.12 bits per heavy atom. The lowest BCUT2D eigenvalue weighted by molar-refractivity contribution is -0.123. The lowest BCUT2D eigenvalue weighted by Gasteiger charge is -2.18. The average molecular weight is 260 g/mol. The van der Waals surface area contributed by atoms with Gasteiger partial charge in [0, 0.05) is 13.1 Å². The summed E-state index contributed by atoms with van der Waals surface area (Å²) in [5.74, 6) is 2.02. The van der Waals surface area contributed by atoms with Gasteiger partial charge in [-0.15, -0.1) is 0 Å². The summed E-state index contributed by atoms with van der Waals surface area (Å²) < 4.78 is 0. The Kier molecular flexibility index (Phi) is 7.88. The Balaban J connectivity index is 0.00000256. The highest BCUT2D eigenvalue weighted by atomic mass is 32.1. The van der Waals surface area contributed by atoms with Crippen molar-refractivity contribution in [3.8, 4) is 0 Å². The van der Waals surface area contributed by atoms with Gasteiger partial charge in [0.05, 0.1) is 6.04 Å². The second-order valence-electron chi connectivity index (χ2n) is 5.83. The zero-order valence-electron chi connectivity index (χ0n) is 11.5. The van der Waals surface area contributed by atoms with Gasteiger partial charge in [0.2, 0.25) is 5.91 Å². The first-order valence-electron chi connectivity index (χ1n) is 6.50. The van der Waals surface area contributed by atoms with Gasteiger partial charge in [-0.1, -0.05) is 27.7 Å². The molecule has 0 aromatic carbocycles. The van der Waals surface area contributed by atoms with Crippen LogP contribution in [0.3, 0.4) is 0 Å². The minimum atomic E-state index is 0. The van der Waals surface area contributed by atoms with E-state index < -0.39 is 0 Å². The maximum atomic E-state index is 11.8. The monoisotopic (exact) mass is 260 g/mol. The van der Waals surface area contributed by atoms with E-state index in [1.165, 1.54) is 6.42 Å². The van der Waals surface area contributed by atoms with Crippen molar-refractivity contribution in [1.29, 1.82) is 0 Å². The van der Waals surface area contributed by atoms with Crippen molar-refractivity contribution in [2.75, 3.05) is 13.1 Å². The maximum absolute atomic E-state index is 11.8. The third kappa shape index (κ3) is 6.32. The van der Waals surface area contributed by atoms with Gasteiger partial charge < -0.3 is 10.6 Å². The van der Waals surface area contributed by atoms with Crippen LogP contribution in [-0.4, -0.2) is 25.0 Å². The van der Waals surface area contributed by atoms with Crippen LogP contribution < -0.4 is 10.6 Å². The van der Waals surface area contributed by atoms with E-state index in [0.29, 0.717) is 17.8 Å². The molecular weight excluding hydrogens is 232 g/mol. The summed E-state index contributed by atoms with van der Waals surface area (Å²) in [5, 5.41) is 6.46. The highest BCUT2D eigenvalue weighted by Gasteiger charge is 2.25. The molecule has 2 atom stereocenters. The van der Waals surface area contributed by atoms with Crippen LogP contribution in [0.5, 0.6) is 0 Å². The van der Waals surface area contributed by atoms with Gasteiger partial charge >= 0.3 is 0 Å². The van der Waals surface area contributed by atoms with E-state index in [0.717, 1.165) is 19.5 Å². The summed E-state index contributed by atoms with van der Waals surface area (Å²) in [6.45, 7) is 10.6. The van der Waals surface area contributed by atoms with Crippen LogP contribution in [0, 0.1) is 17.8 Å². The van der Waals surface area contributed by atoms with Crippen molar-refractivity contribution in [3.63, 3.8) is 0 Å². The van der Waals surface area contributed by atoms with Crippen LogP contribution in [0.25, 0.3) is 0 Å². The summed E-state index contributed by atoms with van der Waals surface area (Å²) in [5.41, 5.74) is 0. The van der Waals surface area contributed by atoms with Gasteiger partial charge in [-0.25, -0.2) is 0 Å². The first kappa shape index (κ1) is 16.8. The topological polar surface area (TPSA) is 41.1 Å². The molecule has 0 aromatic heterocycles. The lowest BCUT2D eigenvalue weighted by atomic mass is 9.97. The summed E-state index contributed by atoms with van der Waals surface area (Å²) >= 11 is 0. The molecule has 1 amide bonds. The normalized spacial score (nSPS) is 25.4. The molecule has 0 saturated carbocycles. The number of carbonyl (C=O) groups is 1. The second-order valence-corrected chi connectivity index (χ2v) is 5.83. The van der Waals surface area contributed by atoms with Gasteiger partial charge in [0.25, 0.3) is 0 Å². The lowest BCUT2D eigenvalue weighted by Crippen LogP contribution is -2.41. The number of hydrogen-bond donors (Lipinski definition) is 2. The molecule has 2 N–H and O–H groups in total. The number of hydrogen-bond acceptors (Lipinski definition) is 2. The van der Waals surface area contributed by atoms with Crippen molar-refractivity contribution in [2.24, 2.45) is 17.8 Å².